The molecule has 32 heavy (non-hydrogen) atoms. The number of unbranched alkanes of at least 4 members (excludes halogenated alkanes) is 2. The third kappa shape index (κ3) is 6.90. The fourth-order valence-corrected chi connectivity index (χ4v) is 4.28. The number of allylic oxidation sites excluding steroid dienone is 1. The van der Waals surface area contributed by atoms with Crippen molar-refractivity contribution in [2.45, 2.75) is 50.7 Å². The zero-order valence-corrected chi connectivity index (χ0v) is 18.4. The molecule has 4 unspecified atom stereocenters. The molecule has 1 aliphatic carbocycles. The molecule has 4 nitrogen and oxygen atoms in total. The van der Waals surface area contributed by atoms with Crippen molar-refractivity contribution in [3.05, 3.63) is 72.3 Å². The van der Waals surface area contributed by atoms with Crippen LogP contribution in [0.25, 0.3) is 11.1 Å². The van der Waals surface area contributed by atoms with Gasteiger partial charge in [0.15, 0.2) is 0 Å². The van der Waals surface area contributed by atoms with E-state index in [9.17, 15) is 15.0 Å². The summed E-state index contributed by atoms with van der Waals surface area (Å²) in [4.78, 5) is 12.3. The molecule has 4 atom stereocenters. The summed E-state index contributed by atoms with van der Waals surface area (Å²) in [6.07, 6.45) is 5.93. The first-order valence-electron chi connectivity index (χ1n) is 11.4. The topological polar surface area (TPSA) is 77.8 Å². The van der Waals surface area contributed by atoms with E-state index in [1.807, 2.05) is 42.5 Å². The van der Waals surface area contributed by atoms with Gasteiger partial charge in [-0.1, -0.05) is 85.0 Å². The lowest BCUT2D eigenvalue weighted by atomic mass is 9.89. The van der Waals surface area contributed by atoms with E-state index in [0.717, 1.165) is 36.0 Å². The van der Waals surface area contributed by atoms with E-state index in [1.54, 1.807) is 6.08 Å². The molecule has 3 rings (SSSR count). The zero-order chi connectivity index (χ0) is 22.8. The molecular formula is C28H32O4. The van der Waals surface area contributed by atoms with Crippen LogP contribution in [0.1, 0.15) is 37.7 Å². The molecule has 0 aliphatic heterocycles. The number of hydrogen-bond acceptors (Lipinski definition) is 4. The van der Waals surface area contributed by atoms with Crippen LogP contribution < -0.4 is 0 Å². The number of aliphatic hydroxyl groups is 3. The highest BCUT2D eigenvalue weighted by molar-refractivity contribution is 5.85. The van der Waals surface area contributed by atoms with Gasteiger partial charge in [0.25, 0.3) is 0 Å². The fraction of sp³-hybridized carbons (Fsp3) is 0.393. The molecule has 168 valence electrons. The van der Waals surface area contributed by atoms with Crippen LogP contribution in [0.2, 0.25) is 0 Å². The summed E-state index contributed by atoms with van der Waals surface area (Å²) in [5.41, 5.74) is 3.20. The van der Waals surface area contributed by atoms with Gasteiger partial charge in [0, 0.05) is 18.8 Å². The Morgan fingerprint density at radius 2 is 1.81 bits per heavy atom. The number of ketones is 1. The molecule has 0 heterocycles. The molecule has 0 radical (unpaired) electrons. The Bertz CT molecular complexity index is 954. The minimum Gasteiger partial charge on any atom is -0.392 e. The van der Waals surface area contributed by atoms with Crippen LogP contribution in [0.3, 0.4) is 0 Å². The average molecular weight is 433 g/mol. The molecule has 1 aliphatic rings. The minimum atomic E-state index is -0.854. The first-order valence-corrected chi connectivity index (χ1v) is 11.4. The van der Waals surface area contributed by atoms with Crippen LogP contribution in [0.15, 0.2) is 66.7 Å². The summed E-state index contributed by atoms with van der Waals surface area (Å²) in [6.45, 7) is 0.0455. The maximum absolute atomic E-state index is 12.3. The number of benzene rings is 2. The Morgan fingerprint density at radius 1 is 1.03 bits per heavy atom. The molecule has 2 aromatic rings. The van der Waals surface area contributed by atoms with Crippen molar-refractivity contribution in [1.82, 2.24) is 0 Å². The van der Waals surface area contributed by atoms with E-state index in [-0.39, 0.29) is 24.7 Å². The third-order valence-electron chi connectivity index (χ3n) is 5.96. The monoisotopic (exact) mass is 432 g/mol. The Balaban J connectivity index is 1.59. The zero-order valence-electron chi connectivity index (χ0n) is 18.4. The van der Waals surface area contributed by atoms with E-state index < -0.39 is 18.1 Å². The Kier molecular flexibility index (Phi) is 9.25. The van der Waals surface area contributed by atoms with Crippen molar-refractivity contribution < 1.29 is 20.1 Å². The lowest BCUT2D eigenvalue weighted by molar-refractivity contribution is -0.121. The molecule has 1 fully saturated rings. The Labute approximate surface area is 190 Å². The van der Waals surface area contributed by atoms with Gasteiger partial charge in [-0.15, -0.1) is 0 Å². The van der Waals surface area contributed by atoms with Crippen molar-refractivity contribution in [1.29, 1.82) is 0 Å². The summed E-state index contributed by atoms with van der Waals surface area (Å²) >= 11 is 0. The average Bonchev–Trinajstić information content (AvgIpc) is 3.07. The quantitative estimate of drug-likeness (QED) is 0.319. The van der Waals surface area contributed by atoms with Crippen molar-refractivity contribution >= 4 is 5.78 Å². The standard InChI is InChI=1S/C28H32O4/c29-17-8-3-1-2-7-14-25-26(28(32)20-27(25)31)16-15-24(30)19-21-10-9-13-23(18-21)22-11-5-4-6-12-22/h3-6,8-13,18,24-26,28-30,32H,1-2,7,14,17,19-20H2. The second kappa shape index (κ2) is 12.4. The molecule has 0 aromatic heterocycles. The molecule has 3 N–H and O–H groups in total. The van der Waals surface area contributed by atoms with Gasteiger partial charge in [0.2, 0.25) is 0 Å². The van der Waals surface area contributed by atoms with Crippen LogP contribution >= 0.6 is 0 Å². The number of aliphatic hydroxyl groups excluding tert-OH is 3. The summed E-state index contributed by atoms with van der Waals surface area (Å²) < 4.78 is 0. The van der Waals surface area contributed by atoms with Crippen LogP contribution in [-0.2, 0) is 11.2 Å². The Hall–Kier alpha value is -2.71. The van der Waals surface area contributed by atoms with E-state index >= 15 is 0 Å². The number of carbonyl (C=O) groups is 1. The van der Waals surface area contributed by atoms with Gasteiger partial charge in [0.05, 0.1) is 18.6 Å². The normalized spacial score (nSPS) is 21.5. The molecule has 2 aromatic carbocycles. The van der Waals surface area contributed by atoms with Gasteiger partial charge in [-0.25, -0.2) is 0 Å². The lowest BCUT2D eigenvalue weighted by Gasteiger charge is -2.15. The molecule has 0 bridgehead atoms. The van der Waals surface area contributed by atoms with E-state index in [1.165, 1.54) is 0 Å². The molecule has 0 saturated heterocycles. The smallest absolute Gasteiger partial charge is 0.139 e. The van der Waals surface area contributed by atoms with E-state index in [0.29, 0.717) is 12.8 Å². The highest BCUT2D eigenvalue weighted by Gasteiger charge is 2.40. The third-order valence-corrected chi connectivity index (χ3v) is 5.96. The number of carbonyl (C=O) groups excluding carboxylic acids is 1. The summed E-state index contributed by atoms with van der Waals surface area (Å²) in [7, 11) is 0. The van der Waals surface area contributed by atoms with Gasteiger partial charge < -0.3 is 15.3 Å². The van der Waals surface area contributed by atoms with Gasteiger partial charge in [-0.05, 0) is 36.0 Å². The van der Waals surface area contributed by atoms with Gasteiger partial charge in [0.1, 0.15) is 11.9 Å². The number of hydrogen-bond donors (Lipinski definition) is 3. The maximum Gasteiger partial charge on any atom is 0.139 e. The first-order chi connectivity index (χ1) is 15.6. The summed E-state index contributed by atoms with van der Waals surface area (Å²) in [6, 6.07) is 18.1. The van der Waals surface area contributed by atoms with Gasteiger partial charge >= 0.3 is 0 Å². The maximum atomic E-state index is 12.3. The van der Waals surface area contributed by atoms with Crippen LogP contribution in [-0.4, -0.2) is 39.9 Å². The lowest BCUT2D eigenvalue weighted by Crippen LogP contribution is -2.20. The minimum absolute atomic E-state index is 0.0455. The number of rotatable bonds is 9. The molecule has 0 spiro atoms. The van der Waals surface area contributed by atoms with Gasteiger partial charge in [-0.3, -0.25) is 4.79 Å². The SMILES string of the molecule is O=C1CC(O)C(C#CC(O)Cc2cccc(-c3ccccc3)c2)C1CCCCC=CCO. The van der Waals surface area contributed by atoms with E-state index in [4.69, 9.17) is 5.11 Å². The highest BCUT2D eigenvalue weighted by atomic mass is 16.3. The fourth-order valence-electron chi connectivity index (χ4n) is 4.28. The van der Waals surface area contributed by atoms with Crippen molar-refractivity contribution in [3.8, 4) is 23.0 Å². The first kappa shape index (κ1) is 23.9. The van der Waals surface area contributed by atoms with E-state index in [2.05, 4.69) is 30.0 Å². The van der Waals surface area contributed by atoms with Crippen LogP contribution in [0.5, 0.6) is 0 Å². The number of Topliss-reactive ketones (excluding diaryl/α,β-unsaturated/α-hetero) is 1. The summed E-state index contributed by atoms with van der Waals surface area (Å²) in [5.74, 6) is 5.28. The van der Waals surface area contributed by atoms with Crippen LogP contribution in [0.4, 0.5) is 0 Å². The van der Waals surface area contributed by atoms with Crippen molar-refractivity contribution in [3.63, 3.8) is 0 Å². The predicted octanol–water partition coefficient (Wildman–Crippen LogP) is 3.94. The molecule has 0 amide bonds. The van der Waals surface area contributed by atoms with Gasteiger partial charge in [-0.2, -0.15) is 0 Å². The predicted molar refractivity (Wildman–Crippen MR) is 127 cm³/mol. The molecular weight excluding hydrogens is 400 g/mol. The van der Waals surface area contributed by atoms with Crippen molar-refractivity contribution in [2.75, 3.05) is 6.61 Å². The molecule has 4 heteroatoms. The second-order valence-corrected chi connectivity index (χ2v) is 8.38. The Morgan fingerprint density at radius 3 is 2.59 bits per heavy atom. The van der Waals surface area contributed by atoms with Crippen LogP contribution in [0, 0.1) is 23.7 Å². The summed E-state index contributed by atoms with van der Waals surface area (Å²) in [5, 5.41) is 29.6. The van der Waals surface area contributed by atoms with Crippen molar-refractivity contribution in [2.24, 2.45) is 11.8 Å². The highest BCUT2D eigenvalue weighted by Crippen LogP contribution is 2.33. The largest absolute Gasteiger partial charge is 0.392 e. The molecule has 1 saturated carbocycles. The second-order valence-electron chi connectivity index (χ2n) is 8.38.